The lowest BCUT2D eigenvalue weighted by molar-refractivity contribution is 0.0880. The van der Waals surface area contributed by atoms with E-state index in [1.165, 1.54) is 0 Å². The number of likely N-dealkylation sites (N-methyl/N-ethyl adjacent to an activating group) is 1. The van der Waals surface area contributed by atoms with Gasteiger partial charge in [-0.05, 0) is 24.7 Å². The van der Waals surface area contributed by atoms with Crippen LogP contribution in [0.5, 0.6) is 0 Å². The van der Waals surface area contributed by atoms with Crippen molar-refractivity contribution in [2.24, 2.45) is 5.73 Å². The fourth-order valence-electron chi connectivity index (χ4n) is 2.19. The van der Waals surface area contributed by atoms with Crippen molar-refractivity contribution in [3.63, 3.8) is 0 Å². The fraction of sp³-hybridized carbons (Fsp3) is 0.538. The van der Waals surface area contributed by atoms with Gasteiger partial charge in [-0.1, -0.05) is 29.3 Å². The van der Waals surface area contributed by atoms with Crippen LogP contribution < -0.4 is 11.2 Å². The predicted octanol–water partition coefficient (Wildman–Crippen LogP) is 1.75. The Balaban J connectivity index is 2.03. The maximum absolute atomic E-state index is 6.24. The van der Waals surface area contributed by atoms with Gasteiger partial charge in [0.2, 0.25) is 0 Å². The second-order valence-corrected chi connectivity index (χ2v) is 5.72. The maximum Gasteiger partial charge on any atom is 0.0601 e. The summed E-state index contributed by atoms with van der Waals surface area (Å²) in [5.41, 5.74) is 10.3. The SMILES string of the molecule is CN1CCN(NC(CN)c2ccc(Cl)cc2Cl)CC1. The van der Waals surface area contributed by atoms with Gasteiger partial charge in [0, 0.05) is 42.8 Å². The number of rotatable bonds is 4. The molecule has 106 valence electrons. The number of halogens is 2. The highest BCUT2D eigenvalue weighted by Gasteiger charge is 2.19. The molecule has 3 N–H and O–H groups in total. The van der Waals surface area contributed by atoms with E-state index in [1.54, 1.807) is 6.07 Å². The molecular weight excluding hydrogens is 283 g/mol. The van der Waals surface area contributed by atoms with Crippen LogP contribution in [0.15, 0.2) is 18.2 Å². The van der Waals surface area contributed by atoms with E-state index >= 15 is 0 Å². The molecule has 1 aliphatic rings. The minimum atomic E-state index is 0.0215. The molecule has 0 bridgehead atoms. The Morgan fingerprint density at radius 1 is 1.26 bits per heavy atom. The first-order valence-electron chi connectivity index (χ1n) is 6.45. The molecule has 19 heavy (non-hydrogen) atoms. The van der Waals surface area contributed by atoms with Gasteiger partial charge in [0.1, 0.15) is 0 Å². The van der Waals surface area contributed by atoms with Gasteiger partial charge in [-0.15, -0.1) is 0 Å². The fourth-order valence-corrected chi connectivity index (χ4v) is 2.73. The third-order valence-corrected chi connectivity index (χ3v) is 3.98. The largest absolute Gasteiger partial charge is 0.329 e. The quantitative estimate of drug-likeness (QED) is 0.889. The number of benzene rings is 1. The predicted molar refractivity (Wildman–Crippen MR) is 80.5 cm³/mol. The first-order chi connectivity index (χ1) is 9.10. The average Bonchev–Trinajstić information content (AvgIpc) is 2.39. The van der Waals surface area contributed by atoms with Gasteiger partial charge in [0.25, 0.3) is 0 Å². The smallest absolute Gasteiger partial charge is 0.0601 e. The van der Waals surface area contributed by atoms with Crippen LogP contribution in [0.2, 0.25) is 10.0 Å². The molecule has 6 heteroatoms. The molecule has 0 radical (unpaired) electrons. The molecule has 1 aromatic rings. The van der Waals surface area contributed by atoms with Crippen molar-refractivity contribution in [2.45, 2.75) is 6.04 Å². The van der Waals surface area contributed by atoms with Crippen molar-refractivity contribution >= 4 is 23.2 Å². The molecule has 0 aliphatic carbocycles. The van der Waals surface area contributed by atoms with Crippen molar-refractivity contribution in [3.05, 3.63) is 33.8 Å². The van der Waals surface area contributed by atoms with Crippen molar-refractivity contribution in [2.75, 3.05) is 39.8 Å². The topological polar surface area (TPSA) is 44.5 Å². The lowest BCUT2D eigenvalue weighted by Crippen LogP contribution is -2.52. The molecule has 2 rings (SSSR count). The van der Waals surface area contributed by atoms with E-state index in [4.69, 9.17) is 28.9 Å². The number of hydrogen-bond donors (Lipinski definition) is 2. The van der Waals surface area contributed by atoms with Crippen molar-refractivity contribution in [3.8, 4) is 0 Å². The highest BCUT2D eigenvalue weighted by atomic mass is 35.5. The molecule has 1 aliphatic heterocycles. The molecule has 0 amide bonds. The molecular formula is C13H20Cl2N4. The van der Waals surface area contributed by atoms with E-state index in [2.05, 4.69) is 22.4 Å². The molecule has 1 atom stereocenters. The van der Waals surface area contributed by atoms with Gasteiger partial charge in [0.15, 0.2) is 0 Å². The van der Waals surface area contributed by atoms with Gasteiger partial charge in [-0.25, -0.2) is 10.4 Å². The van der Waals surface area contributed by atoms with Gasteiger partial charge >= 0.3 is 0 Å². The summed E-state index contributed by atoms with van der Waals surface area (Å²) in [6.07, 6.45) is 0. The molecule has 1 aromatic carbocycles. The minimum Gasteiger partial charge on any atom is -0.329 e. The standard InChI is InChI=1S/C13H20Cl2N4/c1-18-4-6-19(7-5-18)17-13(9-16)11-3-2-10(14)8-12(11)15/h2-3,8,13,17H,4-7,9,16H2,1H3. The molecule has 0 spiro atoms. The molecule has 1 fully saturated rings. The van der Waals surface area contributed by atoms with Crippen molar-refractivity contribution < 1.29 is 0 Å². The van der Waals surface area contributed by atoms with E-state index in [9.17, 15) is 0 Å². The first-order valence-corrected chi connectivity index (χ1v) is 7.20. The zero-order chi connectivity index (χ0) is 13.8. The zero-order valence-electron chi connectivity index (χ0n) is 11.1. The van der Waals surface area contributed by atoms with Gasteiger partial charge in [-0.2, -0.15) is 0 Å². The zero-order valence-corrected chi connectivity index (χ0v) is 12.6. The molecule has 0 aromatic heterocycles. The molecule has 1 unspecified atom stereocenters. The average molecular weight is 303 g/mol. The summed E-state index contributed by atoms with van der Waals surface area (Å²) < 4.78 is 0. The lowest BCUT2D eigenvalue weighted by atomic mass is 10.1. The molecule has 4 nitrogen and oxygen atoms in total. The van der Waals surface area contributed by atoms with E-state index in [0.717, 1.165) is 31.7 Å². The summed E-state index contributed by atoms with van der Waals surface area (Å²) in [7, 11) is 2.13. The summed E-state index contributed by atoms with van der Waals surface area (Å²) in [5.74, 6) is 0. The van der Waals surface area contributed by atoms with E-state index in [0.29, 0.717) is 16.6 Å². The second kappa shape index (κ2) is 6.88. The normalized spacial score (nSPS) is 19.6. The molecule has 1 heterocycles. The van der Waals surface area contributed by atoms with E-state index in [-0.39, 0.29) is 6.04 Å². The summed E-state index contributed by atoms with van der Waals surface area (Å²) in [4.78, 5) is 2.31. The van der Waals surface area contributed by atoms with Crippen LogP contribution in [-0.4, -0.2) is 49.7 Å². The maximum atomic E-state index is 6.24. The van der Waals surface area contributed by atoms with Crippen molar-refractivity contribution in [1.82, 2.24) is 15.3 Å². The van der Waals surface area contributed by atoms with Gasteiger partial charge in [-0.3, -0.25) is 0 Å². The Morgan fingerprint density at radius 3 is 2.53 bits per heavy atom. The van der Waals surface area contributed by atoms with E-state index in [1.807, 2.05) is 12.1 Å². The van der Waals surface area contributed by atoms with Crippen LogP contribution in [0.1, 0.15) is 11.6 Å². The highest BCUT2D eigenvalue weighted by molar-refractivity contribution is 6.35. The van der Waals surface area contributed by atoms with Crippen LogP contribution in [0.4, 0.5) is 0 Å². The minimum absolute atomic E-state index is 0.0215. The Morgan fingerprint density at radius 2 is 1.95 bits per heavy atom. The molecule has 1 saturated heterocycles. The second-order valence-electron chi connectivity index (χ2n) is 4.87. The number of nitrogens with one attached hydrogen (secondary N) is 1. The number of nitrogens with zero attached hydrogens (tertiary/aromatic N) is 2. The third kappa shape index (κ3) is 4.05. The monoisotopic (exact) mass is 302 g/mol. The van der Waals surface area contributed by atoms with Crippen molar-refractivity contribution in [1.29, 1.82) is 0 Å². The summed E-state index contributed by atoms with van der Waals surface area (Å²) >= 11 is 12.2. The number of hydrazine groups is 1. The summed E-state index contributed by atoms with van der Waals surface area (Å²) in [5, 5.41) is 3.51. The summed E-state index contributed by atoms with van der Waals surface area (Å²) in [6, 6.07) is 5.56. The van der Waals surface area contributed by atoms with Gasteiger partial charge in [0.05, 0.1) is 6.04 Å². The molecule has 0 saturated carbocycles. The number of nitrogens with two attached hydrogens (primary N) is 1. The lowest BCUT2D eigenvalue weighted by Gasteiger charge is -2.35. The third-order valence-electron chi connectivity index (χ3n) is 3.42. The Labute approximate surface area is 124 Å². The summed E-state index contributed by atoms with van der Waals surface area (Å²) in [6.45, 7) is 4.57. The van der Waals surface area contributed by atoms with E-state index < -0.39 is 0 Å². The van der Waals surface area contributed by atoms with Gasteiger partial charge < -0.3 is 10.6 Å². The highest BCUT2D eigenvalue weighted by Crippen LogP contribution is 2.26. The van der Waals surface area contributed by atoms with Crippen LogP contribution >= 0.6 is 23.2 Å². The number of piperazine rings is 1. The Bertz CT molecular complexity index is 419. The first kappa shape index (κ1) is 15.0. The van der Waals surface area contributed by atoms with Crippen LogP contribution in [0.3, 0.4) is 0 Å². The van der Waals surface area contributed by atoms with Crippen LogP contribution in [0, 0.1) is 0 Å². The Hall–Kier alpha value is -0.360. The van der Waals surface area contributed by atoms with Crippen LogP contribution in [0.25, 0.3) is 0 Å². The van der Waals surface area contributed by atoms with Crippen LogP contribution in [-0.2, 0) is 0 Å². The Kier molecular flexibility index (Phi) is 5.45. The number of hydrogen-bond acceptors (Lipinski definition) is 4.